The van der Waals surface area contributed by atoms with Gasteiger partial charge in [0.15, 0.2) is 0 Å². The lowest BCUT2D eigenvalue weighted by atomic mass is 10.3. The molecule has 0 atom stereocenters. The molecule has 1 aromatic heterocycles. The van der Waals surface area contributed by atoms with Gasteiger partial charge < -0.3 is 10.2 Å². The molecule has 6 heteroatoms. The Bertz CT molecular complexity index is 360. The maximum atomic E-state index is 12.4. The summed E-state index contributed by atoms with van der Waals surface area (Å²) in [5, 5.41) is 3.14. The Hall–Kier alpha value is -1.30. The number of anilines is 1. The monoisotopic (exact) mass is 261 g/mol. The second kappa shape index (κ2) is 6.58. The molecule has 2 rings (SSSR count). The fourth-order valence-corrected chi connectivity index (χ4v) is 1.65. The number of nitrogens with zero attached hydrogens (tertiary/aromatic N) is 2. The van der Waals surface area contributed by atoms with Gasteiger partial charge in [0.1, 0.15) is 11.5 Å². The summed E-state index contributed by atoms with van der Waals surface area (Å²) in [4.78, 5) is 5.49. The molecule has 1 aromatic rings. The molecule has 1 aliphatic heterocycles. The van der Waals surface area contributed by atoms with Crippen molar-refractivity contribution in [1.29, 1.82) is 0 Å². The minimum Gasteiger partial charge on any atom is -0.354 e. The topological polar surface area (TPSA) is 28.2 Å². The van der Waals surface area contributed by atoms with Crippen molar-refractivity contribution in [1.82, 2.24) is 10.3 Å². The lowest BCUT2D eigenvalue weighted by Gasteiger charge is -2.28. The van der Waals surface area contributed by atoms with Crippen molar-refractivity contribution in [2.45, 2.75) is 20.0 Å². The van der Waals surface area contributed by atoms with Crippen LogP contribution in [0.15, 0.2) is 18.2 Å². The van der Waals surface area contributed by atoms with Gasteiger partial charge in [-0.25, -0.2) is 4.98 Å². The number of hydrogen-bond donors (Lipinski definition) is 1. The second-order valence-corrected chi connectivity index (χ2v) is 3.62. The van der Waals surface area contributed by atoms with Crippen LogP contribution < -0.4 is 10.2 Å². The van der Waals surface area contributed by atoms with E-state index in [4.69, 9.17) is 0 Å². The Morgan fingerprint density at radius 2 is 1.78 bits per heavy atom. The van der Waals surface area contributed by atoms with Crippen LogP contribution in [-0.4, -0.2) is 31.2 Å². The molecule has 0 unspecified atom stereocenters. The minimum atomic E-state index is -4.37. The molecule has 0 spiro atoms. The third kappa shape index (κ3) is 3.87. The summed E-state index contributed by atoms with van der Waals surface area (Å²) in [5.74, 6) is 0.399. The number of hydrogen-bond acceptors (Lipinski definition) is 3. The predicted octanol–water partition coefficient (Wildman–Crippen LogP) is 2.54. The highest BCUT2D eigenvalue weighted by Gasteiger charge is 2.32. The molecule has 2 heterocycles. The molecule has 0 saturated carbocycles. The molecule has 1 fully saturated rings. The fraction of sp³-hybridized carbons (Fsp3) is 0.583. The summed E-state index contributed by atoms with van der Waals surface area (Å²) < 4.78 is 37.3. The zero-order valence-corrected chi connectivity index (χ0v) is 10.6. The van der Waals surface area contributed by atoms with E-state index in [0.29, 0.717) is 18.9 Å². The summed E-state index contributed by atoms with van der Waals surface area (Å²) in [7, 11) is 0. The van der Waals surface area contributed by atoms with Crippen molar-refractivity contribution in [3.63, 3.8) is 0 Å². The third-order valence-corrected chi connectivity index (χ3v) is 2.47. The average Bonchev–Trinajstić information content (AvgIpc) is 2.41. The number of aromatic nitrogens is 1. The molecule has 1 N–H and O–H groups in total. The van der Waals surface area contributed by atoms with E-state index in [1.807, 2.05) is 18.7 Å². The van der Waals surface area contributed by atoms with Gasteiger partial charge >= 0.3 is 6.18 Å². The van der Waals surface area contributed by atoms with Gasteiger partial charge in [0.2, 0.25) is 0 Å². The van der Waals surface area contributed by atoms with Crippen molar-refractivity contribution < 1.29 is 13.2 Å². The van der Waals surface area contributed by atoms with Gasteiger partial charge in [0.05, 0.1) is 0 Å². The first-order chi connectivity index (χ1) is 8.57. The highest BCUT2D eigenvalue weighted by Crippen LogP contribution is 2.28. The van der Waals surface area contributed by atoms with Crippen molar-refractivity contribution in [2.24, 2.45) is 0 Å². The smallest absolute Gasteiger partial charge is 0.354 e. The van der Waals surface area contributed by atoms with Gasteiger partial charge in [-0.15, -0.1) is 0 Å². The SMILES string of the molecule is CC.FC(F)(F)c1cccc(N2CCNCC2)n1. The molecule has 102 valence electrons. The first kappa shape index (κ1) is 14.8. The summed E-state index contributed by atoms with van der Waals surface area (Å²) in [5.41, 5.74) is -0.830. The van der Waals surface area contributed by atoms with E-state index in [1.54, 1.807) is 6.07 Å². The summed E-state index contributed by atoms with van der Waals surface area (Å²) >= 11 is 0. The molecule has 1 aliphatic rings. The van der Waals surface area contributed by atoms with E-state index < -0.39 is 11.9 Å². The fourth-order valence-electron chi connectivity index (χ4n) is 1.65. The van der Waals surface area contributed by atoms with Gasteiger partial charge in [-0.3, -0.25) is 0 Å². The number of pyridine rings is 1. The largest absolute Gasteiger partial charge is 0.433 e. The predicted molar refractivity (Wildman–Crippen MR) is 65.7 cm³/mol. The lowest BCUT2D eigenvalue weighted by molar-refractivity contribution is -0.141. The average molecular weight is 261 g/mol. The van der Waals surface area contributed by atoms with Gasteiger partial charge in [-0.05, 0) is 12.1 Å². The van der Waals surface area contributed by atoms with Gasteiger partial charge in [-0.2, -0.15) is 13.2 Å². The number of piperazine rings is 1. The standard InChI is InChI=1S/C10H12F3N3.C2H6/c11-10(12,13)8-2-1-3-9(15-8)16-6-4-14-5-7-16;1-2/h1-3,14H,4-7H2;1-2H3. The van der Waals surface area contributed by atoms with E-state index in [0.717, 1.165) is 19.2 Å². The molecule has 0 radical (unpaired) electrons. The van der Waals surface area contributed by atoms with E-state index >= 15 is 0 Å². The highest BCUT2D eigenvalue weighted by molar-refractivity contribution is 5.40. The zero-order valence-electron chi connectivity index (χ0n) is 10.6. The van der Waals surface area contributed by atoms with Crippen LogP contribution in [0.1, 0.15) is 19.5 Å². The van der Waals surface area contributed by atoms with E-state index in [1.165, 1.54) is 6.07 Å². The first-order valence-electron chi connectivity index (χ1n) is 6.07. The molecule has 1 saturated heterocycles. The number of halogens is 3. The van der Waals surface area contributed by atoms with Crippen LogP contribution in [-0.2, 0) is 6.18 Å². The normalized spacial score (nSPS) is 15.9. The molecule has 18 heavy (non-hydrogen) atoms. The van der Waals surface area contributed by atoms with Crippen LogP contribution in [0.3, 0.4) is 0 Å². The Kier molecular flexibility index (Phi) is 5.40. The number of nitrogens with one attached hydrogen (secondary N) is 1. The summed E-state index contributed by atoms with van der Waals surface area (Å²) in [6.07, 6.45) is -4.37. The third-order valence-electron chi connectivity index (χ3n) is 2.47. The Balaban J connectivity index is 0.000000771. The van der Waals surface area contributed by atoms with E-state index in [2.05, 4.69) is 10.3 Å². The number of rotatable bonds is 1. The Morgan fingerprint density at radius 1 is 1.17 bits per heavy atom. The van der Waals surface area contributed by atoms with Gasteiger partial charge in [0.25, 0.3) is 0 Å². The maximum Gasteiger partial charge on any atom is 0.433 e. The summed E-state index contributed by atoms with van der Waals surface area (Å²) in [6, 6.07) is 4.00. The zero-order chi connectivity index (χ0) is 13.6. The van der Waals surface area contributed by atoms with Crippen LogP contribution in [0.2, 0.25) is 0 Å². The van der Waals surface area contributed by atoms with Crippen LogP contribution in [0.25, 0.3) is 0 Å². The van der Waals surface area contributed by atoms with Gasteiger partial charge in [0, 0.05) is 26.2 Å². The maximum absolute atomic E-state index is 12.4. The molecule has 0 amide bonds. The number of alkyl halides is 3. The van der Waals surface area contributed by atoms with Crippen LogP contribution in [0.4, 0.5) is 19.0 Å². The van der Waals surface area contributed by atoms with Crippen LogP contribution >= 0.6 is 0 Å². The van der Waals surface area contributed by atoms with Crippen LogP contribution in [0.5, 0.6) is 0 Å². The van der Waals surface area contributed by atoms with Crippen molar-refractivity contribution >= 4 is 5.82 Å². The van der Waals surface area contributed by atoms with E-state index in [-0.39, 0.29) is 0 Å². The molecular weight excluding hydrogens is 243 g/mol. The summed E-state index contributed by atoms with van der Waals surface area (Å²) in [6.45, 7) is 6.93. The molecule has 0 aromatic carbocycles. The molecule has 0 bridgehead atoms. The first-order valence-corrected chi connectivity index (χ1v) is 6.07. The quantitative estimate of drug-likeness (QED) is 0.842. The minimum absolute atomic E-state index is 0.399. The van der Waals surface area contributed by atoms with Crippen molar-refractivity contribution in [2.75, 3.05) is 31.1 Å². The molecule has 3 nitrogen and oxygen atoms in total. The van der Waals surface area contributed by atoms with Crippen molar-refractivity contribution in [3.05, 3.63) is 23.9 Å². The van der Waals surface area contributed by atoms with Gasteiger partial charge in [-0.1, -0.05) is 19.9 Å². The van der Waals surface area contributed by atoms with Crippen molar-refractivity contribution in [3.8, 4) is 0 Å². The van der Waals surface area contributed by atoms with Crippen LogP contribution in [0, 0.1) is 0 Å². The Morgan fingerprint density at radius 3 is 2.33 bits per heavy atom. The molecular formula is C12H18F3N3. The Labute approximate surface area is 105 Å². The lowest BCUT2D eigenvalue weighted by Crippen LogP contribution is -2.44. The molecule has 0 aliphatic carbocycles. The second-order valence-electron chi connectivity index (χ2n) is 3.62. The highest BCUT2D eigenvalue weighted by atomic mass is 19.4. The van der Waals surface area contributed by atoms with E-state index in [9.17, 15) is 13.2 Å².